The molecule has 2 atom stereocenters. The number of methoxy groups -OCH3 is 1. The van der Waals surface area contributed by atoms with E-state index in [0.717, 1.165) is 5.56 Å². The molecule has 2 rings (SSSR count). The number of amides is 1. The van der Waals surface area contributed by atoms with Crippen molar-refractivity contribution >= 4 is 11.9 Å². The Morgan fingerprint density at radius 1 is 1.39 bits per heavy atom. The van der Waals surface area contributed by atoms with Crippen LogP contribution in [0.1, 0.15) is 18.9 Å². The summed E-state index contributed by atoms with van der Waals surface area (Å²) >= 11 is 0. The van der Waals surface area contributed by atoms with E-state index < -0.39 is 6.04 Å². The molecule has 2 unspecified atom stereocenters. The number of hydrogen-bond donors (Lipinski definition) is 0. The van der Waals surface area contributed by atoms with E-state index in [-0.39, 0.29) is 17.8 Å². The summed E-state index contributed by atoms with van der Waals surface area (Å²) in [6.07, 6.45) is 0.540. The number of ether oxygens (including phenoxy) is 1. The summed E-state index contributed by atoms with van der Waals surface area (Å²) in [4.78, 5) is 25.4. The maximum Gasteiger partial charge on any atom is 0.328 e. The molecule has 96 valence electrons. The zero-order valence-corrected chi connectivity index (χ0v) is 10.6. The van der Waals surface area contributed by atoms with Gasteiger partial charge in [-0.3, -0.25) is 4.79 Å². The van der Waals surface area contributed by atoms with E-state index in [1.807, 2.05) is 37.3 Å². The van der Waals surface area contributed by atoms with Gasteiger partial charge >= 0.3 is 5.97 Å². The number of benzene rings is 1. The number of likely N-dealkylation sites (tertiary alicyclic amines) is 1. The second-order valence-corrected chi connectivity index (χ2v) is 4.63. The van der Waals surface area contributed by atoms with Crippen molar-refractivity contribution in [2.45, 2.75) is 25.9 Å². The minimum atomic E-state index is -0.447. The lowest BCUT2D eigenvalue weighted by Gasteiger charge is -2.22. The number of nitrogens with zero attached hydrogens (tertiary/aromatic N) is 1. The number of hydrogen-bond acceptors (Lipinski definition) is 3. The first-order valence-electron chi connectivity index (χ1n) is 6.05. The highest BCUT2D eigenvalue weighted by molar-refractivity contribution is 5.89. The summed E-state index contributed by atoms with van der Waals surface area (Å²) in [5, 5.41) is 0. The maximum atomic E-state index is 12.1. The minimum absolute atomic E-state index is 0.0225. The summed E-state index contributed by atoms with van der Waals surface area (Å²) in [5.74, 6) is -0.421. The zero-order chi connectivity index (χ0) is 13.1. The molecule has 1 saturated heterocycles. The van der Waals surface area contributed by atoms with Gasteiger partial charge in [0.2, 0.25) is 5.91 Å². The lowest BCUT2D eigenvalue weighted by Crippen LogP contribution is -2.38. The fraction of sp³-hybridized carbons (Fsp3) is 0.429. The van der Waals surface area contributed by atoms with Crippen molar-refractivity contribution in [1.29, 1.82) is 0 Å². The number of esters is 1. The van der Waals surface area contributed by atoms with Gasteiger partial charge in [0, 0.05) is 12.5 Å². The Hall–Kier alpha value is -1.84. The van der Waals surface area contributed by atoms with Gasteiger partial charge in [0.25, 0.3) is 0 Å². The predicted octanol–water partition coefficient (Wildman–Crippen LogP) is 1.60. The fourth-order valence-electron chi connectivity index (χ4n) is 2.33. The van der Waals surface area contributed by atoms with Gasteiger partial charge in [0.15, 0.2) is 0 Å². The van der Waals surface area contributed by atoms with E-state index in [1.165, 1.54) is 7.11 Å². The fourth-order valence-corrected chi connectivity index (χ4v) is 2.33. The van der Waals surface area contributed by atoms with Crippen LogP contribution in [-0.4, -0.2) is 29.9 Å². The molecule has 1 amide bonds. The summed E-state index contributed by atoms with van der Waals surface area (Å²) in [6.45, 7) is 2.31. The maximum absolute atomic E-state index is 12.1. The molecule has 0 spiro atoms. The van der Waals surface area contributed by atoms with E-state index >= 15 is 0 Å². The van der Waals surface area contributed by atoms with Crippen LogP contribution in [0.3, 0.4) is 0 Å². The third-order valence-corrected chi connectivity index (χ3v) is 3.33. The van der Waals surface area contributed by atoms with E-state index in [4.69, 9.17) is 4.74 Å². The van der Waals surface area contributed by atoms with Crippen LogP contribution in [0.4, 0.5) is 0 Å². The molecule has 4 nitrogen and oxygen atoms in total. The highest BCUT2D eigenvalue weighted by atomic mass is 16.5. The van der Waals surface area contributed by atoms with Crippen LogP contribution in [0.15, 0.2) is 30.3 Å². The highest BCUT2D eigenvalue weighted by Gasteiger charge is 2.41. The van der Waals surface area contributed by atoms with Gasteiger partial charge in [-0.25, -0.2) is 4.79 Å². The average molecular weight is 247 g/mol. The second kappa shape index (κ2) is 5.21. The van der Waals surface area contributed by atoms with E-state index in [0.29, 0.717) is 13.0 Å². The largest absolute Gasteiger partial charge is 0.467 e. The molecule has 0 saturated carbocycles. The standard InChI is InChI=1S/C14H17NO3/c1-10-8-12(14(17)18-2)15(13(10)16)9-11-6-4-3-5-7-11/h3-7,10,12H,8-9H2,1-2H3. The molecule has 0 radical (unpaired) electrons. The molecule has 1 aromatic rings. The Morgan fingerprint density at radius 3 is 2.67 bits per heavy atom. The van der Waals surface area contributed by atoms with Gasteiger partial charge in [-0.2, -0.15) is 0 Å². The van der Waals surface area contributed by atoms with Gasteiger partial charge in [0.05, 0.1) is 7.11 Å². The van der Waals surface area contributed by atoms with Crippen LogP contribution >= 0.6 is 0 Å². The van der Waals surface area contributed by atoms with Crippen LogP contribution in [0.5, 0.6) is 0 Å². The van der Waals surface area contributed by atoms with Gasteiger partial charge < -0.3 is 9.64 Å². The Kier molecular flexibility index (Phi) is 3.65. The van der Waals surface area contributed by atoms with Crippen molar-refractivity contribution in [3.8, 4) is 0 Å². The van der Waals surface area contributed by atoms with Crippen molar-refractivity contribution in [2.24, 2.45) is 5.92 Å². The SMILES string of the molecule is COC(=O)C1CC(C)C(=O)N1Cc1ccccc1. The van der Waals surface area contributed by atoms with Gasteiger partial charge in [-0.1, -0.05) is 37.3 Å². The minimum Gasteiger partial charge on any atom is -0.467 e. The summed E-state index contributed by atoms with van der Waals surface area (Å²) < 4.78 is 4.77. The molecular formula is C14H17NO3. The van der Waals surface area contributed by atoms with Crippen LogP contribution < -0.4 is 0 Å². The lowest BCUT2D eigenvalue weighted by atomic mass is 10.1. The number of carbonyl (C=O) groups is 2. The van der Waals surface area contributed by atoms with Crippen molar-refractivity contribution in [3.05, 3.63) is 35.9 Å². The first kappa shape index (κ1) is 12.6. The lowest BCUT2D eigenvalue weighted by molar-refractivity contribution is -0.149. The zero-order valence-electron chi connectivity index (χ0n) is 10.6. The van der Waals surface area contributed by atoms with E-state index in [1.54, 1.807) is 4.90 Å². The Balaban J connectivity index is 2.17. The highest BCUT2D eigenvalue weighted by Crippen LogP contribution is 2.26. The Bertz CT molecular complexity index is 444. The molecule has 18 heavy (non-hydrogen) atoms. The molecule has 1 aliphatic heterocycles. The summed E-state index contributed by atoms with van der Waals surface area (Å²) in [6, 6.07) is 9.22. The molecule has 1 aliphatic rings. The van der Waals surface area contributed by atoms with Gasteiger partial charge in [-0.15, -0.1) is 0 Å². The number of rotatable bonds is 3. The summed E-state index contributed by atoms with van der Waals surface area (Å²) in [5.41, 5.74) is 1.02. The van der Waals surface area contributed by atoms with Crippen molar-refractivity contribution in [3.63, 3.8) is 0 Å². The molecule has 0 bridgehead atoms. The van der Waals surface area contributed by atoms with Crippen molar-refractivity contribution in [2.75, 3.05) is 7.11 Å². The Morgan fingerprint density at radius 2 is 2.06 bits per heavy atom. The number of carbonyl (C=O) groups excluding carboxylic acids is 2. The van der Waals surface area contributed by atoms with Crippen LogP contribution in [-0.2, 0) is 20.9 Å². The van der Waals surface area contributed by atoms with E-state index in [9.17, 15) is 9.59 Å². The summed E-state index contributed by atoms with van der Waals surface area (Å²) in [7, 11) is 1.36. The molecule has 1 fully saturated rings. The van der Waals surface area contributed by atoms with Crippen LogP contribution in [0.25, 0.3) is 0 Å². The normalized spacial score (nSPS) is 23.2. The third kappa shape index (κ3) is 2.37. The first-order valence-corrected chi connectivity index (χ1v) is 6.05. The van der Waals surface area contributed by atoms with E-state index in [2.05, 4.69) is 0 Å². The third-order valence-electron chi connectivity index (χ3n) is 3.33. The molecule has 4 heteroatoms. The molecule has 0 aromatic heterocycles. The molecule has 0 aliphatic carbocycles. The van der Waals surface area contributed by atoms with Crippen LogP contribution in [0, 0.1) is 5.92 Å². The molecular weight excluding hydrogens is 230 g/mol. The van der Waals surface area contributed by atoms with Gasteiger partial charge in [-0.05, 0) is 12.0 Å². The van der Waals surface area contributed by atoms with Crippen LogP contribution in [0.2, 0.25) is 0 Å². The first-order chi connectivity index (χ1) is 8.63. The molecule has 0 N–H and O–H groups in total. The predicted molar refractivity (Wildman–Crippen MR) is 66.6 cm³/mol. The van der Waals surface area contributed by atoms with Crippen molar-refractivity contribution < 1.29 is 14.3 Å². The quantitative estimate of drug-likeness (QED) is 0.762. The smallest absolute Gasteiger partial charge is 0.328 e. The molecule has 1 heterocycles. The Labute approximate surface area is 107 Å². The molecule has 1 aromatic carbocycles. The monoisotopic (exact) mass is 247 g/mol. The van der Waals surface area contributed by atoms with Crippen molar-refractivity contribution in [1.82, 2.24) is 4.90 Å². The second-order valence-electron chi connectivity index (χ2n) is 4.63. The average Bonchev–Trinajstić information content (AvgIpc) is 2.67. The topological polar surface area (TPSA) is 46.6 Å². The van der Waals surface area contributed by atoms with Gasteiger partial charge in [0.1, 0.15) is 6.04 Å².